The second kappa shape index (κ2) is 6.31. The van der Waals surface area contributed by atoms with Crippen LogP contribution in [0.25, 0.3) is 0 Å². The molecule has 0 heterocycles. The molecular weight excluding hydrogens is 198 g/mol. The van der Waals surface area contributed by atoms with Gasteiger partial charge in [0.25, 0.3) is 0 Å². The summed E-state index contributed by atoms with van der Waals surface area (Å²) < 4.78 is 0. The van der Waals surface area contributed by atoms with Gasteiger partial charge in [0.1, 0.15) is 0 Å². The van der Waals surface area contributed by atoms with Gasteiger partial charge in [-0.3, -0.25) is 4.79 Å². The third-order valence-corrected chi connectivity index (χ3v) is 2.85. The van der Waals surface area contributed by atoms with E-state index in [1.807, 2.05) is 19.1 Å². The minimum atomic E-state index is 0.0961. The first kappa shape index (κ1) is 12.8. The van der Waals surface area contributed by atoms with E-state index in [0.29, 0.717) is 12.3 Å². The van der Waals surface area contributed by atoms with Gasteiger partial charge in [-0.05, 0) is 36.5 Å². The van der Waals surface area contributed by atoms with Crippen molar-refractivity contribution in [3.63, 3.8) is 0 Å². The number of amides is 1. The summed E-state index contributed by atoms with van der Waals surface area (Å²) in [6.07, 6.45) is 2.62. The summed E-state index contributed by atoms with van der Waals surface area (Å²) in [4.78, 5) is 11.4. The minimum absolute atomic E-state index is 0.0961. The van der Waals surface area contributed by atoms with Crippen molar-refractivity contribution in [2.75, 3.05) is 5.32 Å². The Morgan fingerprint density at radius 3 is 2.38 bits per heavy atom. The highest BCUT2D eigenvalue weighted by Gasteiger charge is 2.04. The highest BCUT2D eigenvalue weighted by atomic mass is 16.1. The maximum Gasteiger partial charge on any atom is 0.224 e. The highest BCUT2D eigenvalue weighted by molar-refractivity contribution is 5.90. The zero-order valence-corrected chi connectivity index (χ0v) is 10.4. The quantitative estimate of drug-likeness (QED) is 0.798. The van der Waals surface area contributed by atoms with Crippen LogP contribution in [0.15, 0.2) is 24.3 Å². The van der Waals surface area contributed by atoms with Crippen molar-refractivity contribution in [3.8, 4) is 0 Å². The second-order valence-electron chi connectivity index (χ2n) is 4.23. The minimum Gasteiger partial charge on any atom is -0.326 e. The van der Waals surface area contributed by atoms with Crippen molar-refractivity contribution >= 4 is 11.6 Å². The van der Waals surface area contributed by atoms with Crippen LogP contribution in [-0.4, -0.2) is 5.91 Å². The van der Waals surface area contributed by atoms with Crippen molar-refractivity contribution < 1.29 is 4.79 Å². The molecule has 1 amide bonds. The number of carbonyl (C=O) groups excluding carboxylic acids is 1. The Kier molecular flexibility index (Phi) is 5.03. The van der Waals surface area contributed by atoms with E-state index in [1.54, 1.807) is 0 Å². The molecule has 0 fully saturated rings. The summed E-state index contributed by atoms with van der Waals surface area (Å²) in [5.41, 5.74) is 2.22. The fraction of sp³-hybridized carbons (Fsp3) is 0.500. The van der Waals surface area contributed by atoms with Crippen LogP contribution in [0.5, 0.6) is 0 Å². The van der Waals surface area contributed by atoms with Gasteiger partial charge in [-0.25, -0.2) is 0 Å². The van der Waals surface area contributed by atoms with Gasteiger partial charge in [-0.2, -0.15) is 0 Å². The fourth-order valence-electron chi connectivity index (χ4n) is 1.58. The molecule has 0 spiro atoms. The number of carbonyl (C=O) groups is 1. The monoisotopic (exact) mass is 219 g/mol. The summed E-state index contributed by atoms with van der Waals surface area (Å²) >= 11 is 0. The molecule has 1 N–H and O–H groups in total. The van der Waals surface area contributed by atoms with Gasteiger partial charge in [0, 0.05) is 12.1 Å². The topological polar surface area (TPSA) is 29.1 Å². The van der Waals surface area contributed by atoms with Crippen LogP contribution < -0.4 is 5.32 Å². The third-order valence-electron chi connectivity index (χ3n) is 2.85. The molecule has 0 aliphatic carbocycles. The van der Waals surface area contributed by atoms with E-state index in [9.17, 15) is 4.79 Å². The molecule has 1 rings (SSSR count). The SMILES string of the molecule is CCCC(=O)Nc1ccc([C@@H](C)CC)cc1. The van der Waals surface area contributed by atoms with E-state index in [-0.39, 0.29) is 5.91 Å². The molecule has 88 valence electrons. The van der Waals surface area contributed by atoms with E-state index in [2.05, 4.69) is 31.3 Å². The number of hydrogen-bond acceptors (Lipinski definition) is 1. The average Bonchev–Trinajstić information content (AvgIpc) is 2.29. The van der Waals surface area contributed by atoms with Gasteiger partial charge in [-0.15, -0.1) is 0 Å². The zero-order valence-electron chi connectivity index (χ0n) is 10.4. The molecule has 1 atom stereocenters. The van der Waals surface area contributed by atoms with Gasteiger partial charge in [0.05, 0.1) is 0 Å². The lowest BCUT2D eigenvalue weighted by Gasteiger charge is -2.10. The number of anilines is 1. The largest absolute Gasteiger partial charge is 0.326 e. The Balaban J connectivity index is 2.61. The van der Waals surface area contributed by atoms with Gasteiger partial charge in [-0.1, -0.05) is 32.9 Å². The van der Waals surface area contributed by atoms with E-state index in [4.69, 9.17) is 0 Å². The third kappa shape index (κ3) is 3.69. The molecule has 1 aromatic carbocycles. The molecule has 0 aliphatic rings. The molecule has 2 nitrogen and oxygen atoms in total. The summed E-state index contributed by atoms with van der Waals surface area (Å²) in [7, 11) is 0. The first-order valence-corrected chi connectivity index (χ1v) is 6.07. The molecule has 0 bridgehead atoms. The Hall–Kier alpha value is -1.31. The average molecular weight is 219 g/mol. The van der Waals surface area contributed by atoms with E-state index in [1.165, 1.54) is 5.56 Å². The van der Waals surface area contributed by atoms with Crippen molar-refractivity contribution in [2.45, 2.75) is 46.0 Å². The summed E-state index contributed by atoms with van der Waals surface area (Å²) in [6, 6.07) is 8.15. The lowest BCUT2D eigenvalue weighted by Crippen LogP contribution is -2.10. The number of hydrogen-bond donors (Lipinski definition) is 1. The maximum atomic E-state index is 11.4. The van der Waals surface area contributed by atoms with Crippen molar-refractivity contribution in [3.05, 3.63) is 29.8 Å². The Labute approximate surface area is 98.1 Å². The van der Waals surface area contributed by atoms with Gasteiger partial charge in [0.2, 0.25) is 5.91 Å². The zero-order chi connectivity index (χ0) is 12.0. The molecule has 0 unspecified atom stereocenters. The molecular formula is C14H21NO. The fourth-order valence-corrected chi connectivity index (χ4v) is 1.58. The van der Waals surface area contributed by atoms with Crippen LogP contribution in [0.4, 0.5) is 5.69 Å². The second-order valence-corrected chi connectivity index (χ2v) is 4.23. The van der Waals surface area contributed by atoms with Crippen molar-refractivity contribution in [1.82, 2.24) is 0 Å². The van der Waals surface area contributed by atoms with E-state index in [0.717, 1.165) is 18.5 Å². The Morgan fingerprint density at radius 2 is 1.88 bits per heavy atom. The van der Waals surface area contributed by atoms with Crippen molar-refractivity contribution in [1.29, 1.82) is 0 Å². The molecule has 16 heavy (non-hydrogen) atoms. The van der Waals surface area contributed by atoms with Crippen LogP contribution in [0.3, 0.4) is 0 Å². The molecule has 1 aromatic rings. The first-order chi connectivity index (χ1) is 7.67. The predicted octanol–water partition coefficient (Wildman–Crippen LogP) is 3.94. The van der Waals surface area contributed by atoms with Crippen LogP contribution in [0, 0.1) is 0 Å². The smallest absolute Gasteiger partial charge is 0.224 e. The Bertz CT molecular complexity index is 329. The van der Waals surface area contributed by atoms with Crippen LogP contribution >= 0.6 is 0 Å². The van der Waals surface area contributed by atoms with Crippen molar-refractivity contribution in [2.24, 2.45) is 0 Å². The Morgan fingerprint density at radius 1 is 1.25 bits per heavy atom. The lowest BCUT2D eigenvalue weighted by molar-refractivity contribution is -0.116. The first-order valence-electron chi connectivity index (χ1n) is 6.07. The summed E-state index contributed by atoms with van der Waals surface area (Å²) in [6.45, 7) is 6.40. The summed E-state index contributed by atoms with van der Waals surface area (Å²) in [5, 5.41) is 2.89. The normalized spacial score (nSPS) is 12.2. The van der Waals surface area contributed by atoms with Gasteiger partial charge < -0.3 is 5.32 Å². The van der Waals surface area contributed by atoms with Gasteiger partial charge in [0.15, 0.2) is 0 Å². The molecule has 0 saturated carbocycles. The summed E-state index contributed by atoms with van der Waals surface area (Å²) in [5.74, 6) is 0.680. The van der Waals surface area contributed by atoms with E-state index >= 15 is 0 Å². The standard InChI is InChI=1S/C14H21NO/c1-4-6-14(16)15-13-9-7-12(8-10-13)11(3)5-2/h7-11H,4-6H2,1-3H3,(H,15,16)/t11-/m0/s1. The molecule has 2 heteroatoms. The predicted molar refractivity (Wildman–Crippen MR) is 68.7 cm³/mol. The lowest BCUT2D eigenvalue weighted by atomic mass is 9.99. The van der Waals surface area contributed by atoms with Crippen LogP contribution in [-0.2, 0) is 4.79 Å². The van der Waals surface area contributed by atoms with Crippen LogP contribution in [0.1, 0.15) is 51.5 Å². The molecule has 0 aliphatic heterocycles. The number of rotatable bonds is 5. The molecule has 0 radical (unpaired) electrons. The van der Waals surface area contributed by atoms with Gasteiger partial charge >= 0.3 is 0 Å². The van der Waals surface area contributed by atoms with E-state index < -0.39 is 0 Å². The number of benzene rings is 1. The molecule has 0 aromatic heterocycles. The maximum absolute atomic E-state index is 11.4. The van der Waals surface area contributed by atoms with Crippen LogP contribution in [0.2, 0.25) is 0 Å². The molecule has 0 saturated heterocycles. The highest BCUT2D eigenvalue weighted by Crippen LogP contribution is 2.20. The number of nitrogens with one attached hydrogen (secondary N) is 1.